The molecule has 5 rings (SSSR count). The third kappa shape index (κ3) is 1.31. The van der Waals surface area contributed by atoms with Crippen LogP contribution in [0.3, 0.4) is 0 Å². The fraction of sp³-hybridized carbons (Fsp3) is 0.789. The maximum absolute atomic E-state index is 12.4. The molecule has 4 aliphatic carbocycles. The number of carbonyl (C=O) groups excluding carboxylic acids is 2. The van der Waals surface area contributed by atoms with Gasteiger partial charge in [-0.15, -0.1) is 0 Å². The lowest BCUT2D eigenvalue weighted by atomic mass is 9.46. The lowest BCUT2D eigenvalue weighted by Crippen LogP contribution is -2.58. The van der Waals surface area contributed by atoms with E-state index in [9.17, 15) is 9.59 Å². The molecule has 0 saturated heterocycles. The summed E-state index contributed by atoms with van der Waals surface area (Å²) < 4.78 is 5.89. The van der Waals surface area contributed by atoms with Crippen LogP contribution >= 0.6 is 0 Å². The second-order valence-electron chi connectivity index (χ2n) is 8.72. The molecule has 118 valence electrons. The predicted molar refractivity (Wildman–Crippen MR) is 80.9 cm³/mol. The Morgan fingerprint density at radius 2 is 1.77 bits per heavy atom. The van der Waals surface area contributed by atoms with Crippen LogP contribution in [0.2, 0.25) is 0 Å². The van der Waals surface area contributed by atoms with E-state index in [2.05, 4.69) is 13.8 Å². The Morgan fingerprint density at radius 1 is 1.00 bits per heavy atom. The first-order valence-electron chi connectivity index (χ1n) is 8.93. The van der Waals surface area contributed by atoms with Gasteiger partial charge in [-0.3, -0.25) is 9.59 Å². The molecule has 22 heavy (non-hydrogen) atoms. The Hall–Kier alpha value is -1.12. The van der Waals surface area contributed by atoms with Crippen LogP contribution in [-0.2, 0) is 14.3 Å². The van der Waals surface area contributed by atoms with Gasteiger partial charge in [0.1, 0.15) is 11.9 Å². The second kappa shape index (κ2) is 3.85. The van der Waals surface area contributed by atoms with Crippen LogP contribution in [0.1, 0.15) is 58.8 Å². The van der Waals surface area contributed by atoms with Crippen LogP contribution in [0.25, 0.3) is 0 Å². The summed E-state index contributed by atoms with van der Waals surface area (Å²) >= 11 is 0. The topological polar surface area (TPSA) is 43.4 Å². The van der Waals surface area contributed by atoms with E-state index in [0.717, 1.165) is 38.5 Å². The molecular weight excluding hydrogens is 276 g/mol. The summed E-state index contributed by atoms with van der Waals surface area (Å²) in [7, 11) is 0. The van der Waals surface area contributed by atoms with Gasteiger partial charge in [0.2, 0.25) is 0 Å². The predicted octanol–water partition coefficient (Wildman–Crippen LogP) is 3.42. The molecule has 1 aliphatic heterocycles. The average molecular weight is 300 g/mol. The molecule has 0 aromatic heterocycles. The maximum Gasteiger partial charge on any atom is 0.197 e. The fourth-order valence-electron chi connectivity index (χ4n) is 6.79. The molecule has 3 saturated carbocycles. The number of carbonyl (C=O) groups is 2. The Morgan fingerprint density at radius 3 is 2.59 bits per heavy atom. The number of ketones is 2. The van der Waals surface area contributed by atoms with Crippen LogP contribution in [0.15, 0.2) is 11.3 Å². The van der Waals surface area contributed by atoms with Gasteiger partial charge in [-0.05, 0) is 55.3 Å². The Labute approximate surface area is 131 Å². The monoisotopic (exact) mass is 300 g/mol. The summed E-state index contributed by atoms with van der Waals surface area (Å²) in [4.78, 5) is 24.5. The average Bonchev–Trinajstić information content (AvgIpc) is 2.75. The molecule has 3 nitrogen and oxygen atoms in total. The Bertz CT molecular complexity index is 633. The van der Waals surface area contributed by atoms with Crippen LogP contribution in [0, 0.1) is 28.6 Å². The molecule has 0 amide bonds. The lowest BCUT2D eigenvalue weighted by molar-refractivity contribution is -0.145. The van der Waals surface area contributed by atoms with Gasteiger partial charge < -0.3 is 4.74 Å². The number of ether oxygens (including phenoxy) is 1. The zero-order valence-corrected chi connectivity index (χ0v) is 13.5. The summed E-state index contributed by atoms with van der Waals surface area (Å²) in [6.45, 7) is 4.59. The first-order chi connectivity index (χ1) is 10.4. The molecule has 3 fully saturated rings. The molecule has 0 aromatic rings. The van der Waals surface area contributed by atoms with Crippen molar-refractivity contribution in [3.8, 4) is 0 Å². The van der Waals surface area contributed by atoms with E-state index in [1.54, 1.807) is 0 Å². The number of Topliss-reactive ketones (excluding diaryl/α,β-unsaturated/α-hetero) is 2. The van der Waals surface area contributed by atoms with Crippen molar-refractivity contribution in [1.29, 1.82) is 0 Å². The Kier molecular flexibility index (Phi) is 2.34. The molecule has 0 bridgehead atoms. The summed E-state index contributed by atoms with van der Waals surface area (Å²) in [5, 5.41) is 0. The van der Waals surface area contributed by atoms with E-state index < -0.39 is 0 Å². The minimum atomic E-state index is -0.0736. The highest BCUT2D eigenvalue weighted by Crippen LogP contribution is 2.67. The minimum absolute atomic E-state index is 0.0736. The number of hydrogen-bond donors (Lipinski definition) is 0. The highest BCUT2D eigenvalue weighted by molar-refractivity contribution is 5.97. The maximum atomic E-state index is 12.4. The molecule has 0 spiro atoms. The molecule has 6 atom stereocenters. The fourth-order valence-corrected chi connectivity index (χ4v) is 6.79. The summed E-state index contributed by atoms with van der Waals surface area (Å²) in [5.41, 5.74) is 1.43. The molecule has 0 unspecified atom stereocenters. The normalized spacial score (nSPS) is 52.5. The highest BCUT2D eigenvalue weighted by Gasteiger charge is 2.64. The van der Waals surface area contributed by atoms with E-state index in [0.29, 0.717) is 35.7 Å². The van der Waals surface area contributed by atoms with Gasteiger partial charge in [0.15, 0.2) is 11.5 Å². The largest absolute Gasteiger partial charge is 0.482 e. The summed E-state index contributed by atoms with van der Waals surface area (Å²) in [6.07, 6.45) is 6.90. The van der Waals surface area contributed by atoms with Crippen molar-refractivity contribution < 1.29 is 14.3 Å². The molecule has 1 heterocycles. The Balaban J connectivity index is 1.58. The standard InChI is InChI=1S/C19H24O3/c1-18-7-5-12-10(11(18)3-4-15(18)21)9-14-16-17(22-14)13(20)6-8-19(12,16)2/h10-12,14H,3-9H2,1-2H3/t10-,11-,12-,14-,18-,19+/m0/s1. The third-order valence-electron chi connectivity index (χ3n) is 8.02. The van der Waals surface area contributed by atoms with Crippen molar-refractivity contribution in [3.05, 3.63) is 11.3 Å². The van der Waals surface area contributed by atoms with Gasteiger partial charge in [-0.1, -0.05) is 13.8 Å². The van der Waals surface area contributed by atoms with E-state index in [-0.39, 0.29) is 22.7 Å². The van der Waals surface area contributed by atoms with Gasteiger partial charge in [-0.2, -0.15) is 0 Å². The zero-order valence-electron chi connectivity index (χ0n) is 13.5. The van der Waals surface area contributed by atoms with Crippen molar-refractivity contribution >= 4 is 11.6 Å². The van der Waals surface area contributed by atoms with Gasteiger partial charge in [0.25, 0.3) is 0 Å². The van der Waals surface area contributed by atoms with Crippen molar-refractivity contribution in [2.24, 2.45) is 28.6 Å². The van der Waals surface area contributed by atoms with Crippen LogP contribution < -0.4 is 0 Å². The van der Waals surface area contributed by atoms with Gasteiger partial charge in [0, 0.05) is 23.8 Å². The molecule has 0 N–H and O–H groups in total. The highest BCUT2D eigenvalue weighted by atomic mass is 16.5. The van der Waals surface area contributed by atoms with Gasteiger partial charge in [-0.25, -0.2) is 0 Å². The number of rotatable bonds is 0. The van der Waals surface area contributed by atoms with Crippen molar-refractivity contribution in [2.45, 2.75) is 64.9 Å². The molecule has 0 radical (unpaired) electrons. The van der Waals surface area contributed by atoms with Crippen molar-refractivity contribution in [2.75, 3.05) is 0 Å². The lowest BCUT2D eigenvalue weighted by Gasteiger charge is -2.61. The zero-order chi connectivity index (χ0) is 15.3. The van der Waals surface area contributed by atoms with E-state index in [1.807, 2.05) is 0 Å². The summed E-state index contributed by atoms with van der Waals surface area (Å²) in [6, 6.07) is 0. The molecule has 3 heteroatoms. The van der Waals surface area contributed by atoms with Crippen molar-refractivity contribution in [3.63, 3.8) is 0 Å². The van der Waals surface area contributed by atoms with Crippen LogP contribution in [0.5, 0.6) is 0 Å². The van der Waals surface area contributed by atoms with Gasteiger partial charge >= 0.3 is 0 Å². The SMILES string of the molecule is C[C@]12CCC(=O)C3=C1[C@H](C[C@@H]1[C@@H]2CC[C@]2(C)C(=O)CC[C@@H]12)O3. The van der Waals surface area contributed by atoms with Crippen LogP contribution in [0.4, 0.5) is 0 Å². The van der Waals surface area contributed by atoms with Crippen molar-refractivity contribution in [1.82, 2.24) is 0 Å². The van der Waals surface area contributed by atoms with E-state index in [4.69, 9.17) is 4.74 Å². The van der Waals surface area contributed by atoms with E-state index in [1.165, 1.54) is 5.57 Å². The minimum Gasteiger partial charge on any atom is -0.482 e. The number of hydrogen-bond acceptors (Lipinski definition) is 3. The van der Waals surface area contributed by atoms with Crippen LogP contribution in [-0.4, -0.2) is 17.7 Å². The smallest absolute Gasteiger partial charge is 0.197 e. The quantitative estimate of drug-likeness (QED) is 0.688. The number of fused-ring (bicyclic) bond motifs is 4. The van der Waals surface area contributed by atoms with Gasteiger partial charge in [0.05, 0.1) is 0 Å². The molecule has 0 aromatic carbocycles. The first-order valence-corrected chi connectivity index (χ1v) is 8.93. The van der Waals surface area contributed by atoms with E-state index >= 15 is 0 Å². The summed E-state index contributed by atoms with van der Waals surface area (Å²) in [5.74, 6) is 3.24. The second-order valence-corrected chi connectivity index (χ2v) is 8.72. The molecular formula is C19H24O3. The molecule has 5 aliphatic rings. The first kappa shape index (κ1) is 13.3. The third-order valence-corrected chi connectivity index (χ3v) is 8.02.